The van der Waals surface area contributed by atoms with E-state index in [1.54, 1.807) is 4.68 Å². The predicted octanol–water partition coefficient (Wildman–Crippen LogP) is 2.82. The standard InChI is InChI=1S/C20H29N5O/c1-14(2)16-7-5-6-8-17(16)25-15(3)23-18(24-25)19(26)22-13-20(4)9-11-21-12-10-20/h5-8,14,21H,9-13H2,1-4H3,(H,22,26). The number of nitrogens with one attached hydrogen (secondary N) is 2. The van der Waals surface area contributed by atoms with E-state index in [1.807, 2.05) is 25.1 Å². The second kappa shape index (κ2) is 7.58. The molecule has 6 heteroatoms. The molecule has 140 valence electrons. The van der Waals surface area contributed by atoms with Gasteiger partial charge in [-0.3, -0.25) is 4.79 Å². The minimum atomic E-state index is -0.200. The smallest absolute Gasteiger partial charge is 0.291 e. The Morgan fingerprint density at radius 2 is 2.00 bits per heavy atom. The summed E-state index contributed by atoms with van der Waals surface area (Å²) in [5, 5.41) is 10.9. The number of aromatic nitrogens is 3. The van der Waals surface area contributed by atoms with Crippen molar-refractivity contribution in [3.63, 3.8) is 0 Å². The fraction of sp³-hybridized carbons (Fsp3) is 0.550. The summed E-state index contributed by atoms with van der Waals surface area (Å²) in [5.74, 6) is 1.12. The number of piperidine rings is 1. The highest BCUT2D eigenvalue weighted by molar-refractivity contribution is 5.90. The fourth-order valence-electron chi connectivity index (χ4n) is 3.46. The molecule has 2 N–H and O–H groups in total. The van der Waals surface area contributed by atoms with Crippen molar-refractivity contribution in [2.45, 2.75) is 46.5 Å². The van der Waals surface area contributed by atoms with Gasteiger partial charge < -0.3 is 10.6 Å². The Bertz CT molecular complexity index is 774. The maximum absolute atomic E-state index is 12.6. The molecule has 0 bridgehead atoms. The first-order chi connectivity index (χ1) is 12.4. The van der Waals surface area contributed by atoms with Crippen molar-refractivity contribution >= 4 is 5.91 Å². The lowest BCUT2D eigenvalue weighted by molar-refractivity contribution is 0.0912. The molecule has 1 fully saturated rings. The van der Waals surface area contributed by atoms with Crippen LogP contribution in [0, 0.1) is 12.3 Å². The van der Waals surface area contributed by atoms with Gasteiger partial charge in [-0.05, 0) is 55.8 Å². The SMILES string of the molecule is Cc1nc(C(=O)NCC2(C)CCNCC2)nn1-c1ccccc1C(C)C. The zero-order valence-corrected chi connectivity index (χ0v) is 16.2. The fourth-order valence-corrected chi connectivity index (χ4v) is 3.46. The Hall–Kier alpha value is -2.21. The van der Waals surface area contributed by atoms with Crippen molar-refractivity contribution in [3.05, 3.63) is 41.5 Å². The van der Waals surface area contributed by atoms with E-state index in [9.17, 15) is 4.79 Å². The van der Waals surface area contributed by atoms with Gasteiger partial charge in [0.15, 0.2) is 0 Å². The lowest BCUT2D eigenvalue weighted by atomic mass is 9.81. The summed E-state index contributed by atoms with van der Waals surface area (Å²) in [5.41, 5.74) is 2.31. The second-order valence-electron chi connectivity index (χ2n) is 7.85. The van der Waals surface area contributed by atoms with Gasteiger partial charge in [0.2, 0.25) is 5.82 Å². The third-order valence-electron chi connectivity index (χ3n) is 5.25. The minimum absolute atomic E-state index is 0.142. The number of carbonyl (C=O) groups excluding carboxylic acids is 1. The summed E-state index contributed by atoms with van der Waals surface area (Å²) >= 11 is 0. The van der Waals surface area contributed by atoms with Crippen LogP contribution in [0.15, 0.2) is 24.3 Å². The molecular formula is C20H29N5O. The minimum Gasteiger partial charge on any atom is -0.349 e. The van der Waals surface area contributed by atoms with Crippen molar-refractivity contribution in [2.24, 2.45) is 5.41 Å². The molecule has 0 spiro atoms. The predicted molar refractivity (Wildman–Crippen MR) is 103 cm³/mol. The van der Waals surface area contributed by atoms with Crippen LogP contribution in [0.25, 0.3) is 5.69 Å². The number of hydrogen-bond acceptors (Lipinski definition) is 4. The van der Waals surface area contributed by atoms with Gasteiger partial charge in [0, 0.05) is 6.54 Å². The lowest BCUT2D eigenvalue weighted by Crippen LogP contribution is -2.43. The van der Waals surface area contributed by atoms with Gasteiger partial charge in [0.05, 0.1) is 5.69 Å². The van der Waals surface area contributed by atoms with Crippen molar-refractivity contribution < 1.29 is 4.79 Å². The molecule has 0 radical (unpaired) electrons. The van der Waals surface area contributed by atoms with Crippen LogP contribution in [-0.4, -0.2) is 40.3 Å². The van der Waals surface area contributed by atoms with Crippen LogP contribution in [0.4, 0.5) is 0 Å². The van der Waals surface area contributed by atoms with Gasteiger partial charge in [0.1, 0.15) is 5.82 Å². The Kier molecular flexibility index (Phi) is 5.41. The number of hydrogen-bond donors (Lipinski definition) is 2. The van der Waals surface area contributed by atoms with E-state index in [4.69, 9.17) is 0 Å². The van der Waals surface area contributed by atoms with Gasteiger partial charge in [-0.15, -0.1) is 5.10 Å². The first-order valence-corrected chi connectivity index (χ1v) is 9.41. The number of rotatable bonds is 5. The topological polar surface area (TPSA) is 71.8 Å². The molecule has 1 amide bonds. The Labute approximate surface area is 155 Å². The molecule has 3 rings (SSSR count). The molecule has 0 saturated carbocycles. The number of amides is 1. The van der Waals surface area contributed by atoms with E-state index < -0.39 is 0 Å². The molecule has 2 heterocycles. The highest BCUT2D eigenvalue weighted by Gasteiger charge is 2.28. The third kappa shape index (κ3) is 3.96. The summed E-state index contributed by atoms with van der Waals surface area (Å²) in [6.07, 6.45) is 2.13. The van der Waals surface area contributed by atoms with Crippen molar-refractivity contribution in [3.8, 4) is 5.69 Å². The molecule has 6 nitrogen and oxygen atoms in total. The second-order valence-corrected chi connectivity index (χ2v) is 7.85. The first kappa shape index (κ1) is 18.6. The van der Waals surface area contributed by atoms with Gasteiger partial charge in [-0.1, -0.05) is 39.0 Å². The molecule has 1 aliphatic rings. The van der Waals surface area contributed by atoms with Gasteiger partial charge in [-0.2, -0.15) is 0 Å². The Morgan fingerprint density at radius 3 is 2.69 bits per heavy atom. The zero-order valence-electron chi connectivity index (χ0n) is 16.2. The average molecular weight is 355 g/mol. The summed E-state index contributed by atoms with van der Waals surface area (Å²) in [7, 11) is 0. The van der Waals surface area contributed by atoms with E-state index in [2.05, 4.69) is 47.6 Å². The summed E-state index contributed by atoms with van der Waals surface area (Å²) in [6.45, 7) is 11.1. The number of benzene rings is 1. The van der Waals surface area contributed by atoms with Crippen molar-refractivity contribution in [2.75, 3.05) is 19.6 Å². The van der Waals surface area contributed by atoms with E-state index in [0.29, 0.717) is 12.5 Å². The molecule has 0 atom stereocenters. The quantitative estimate of drug-likeness (QED) is 0.865. The highest BCUT2D eigenvalue weighted by atomic mass is 16.2. The van der Waals surface area contributed by atoms with Gasteiger partial charge in [0.25, 0.3) is 5.91 Å². The molecule has 0 aliphatic carbocycles. The molecule has 1 aromatic heterocycles. The molecule has 0 unspecified atom stereocenters. The molecule has 26 heavy (non-hydrogen) atoms. The van der Waals surface area contributed by atoms with E-state index in [1.165, 1.54) is 5.56 Å². The van der Waals surface area contributed by atoms with Crippen molar-refractivity contribution in [1.29, 1.82) is 0 Å². The molecule has 1 aromatic carbocycles. The first-order valence-electron chi connectivity index (χ1n) is 9.41. The van der Waals surface area contributed by atoms with E-state index in [-0.39, 0.29) is 17.1 Å². The van der Waals surface area contributed by atoms with Crippen LogP contribution in [0.2, 0.25) is 0 Å². The molecule has 1 aliphatic heterocycles. The molecule has 1 saturated heterocycles. The maximum atomic E-state index is 12.6. The molecular weight excluding hydrogens is 326 g/mol. The number of para-hydroxylation sites is 1. The monoisotopic (exact) mass is 355 g/mol. The van der Waals surface area contributed by atoms with E-state index >= 15 is 0 Å². The molecule has 2 aromatic rings. The van der Waals surface area contributed by atoms with Crippen LogP contribution in [0.1, 0.15) is 61.5 Å². The Morgan fingerprint density at radius 1 is 1.31 bits per heavy atom. The van der Waals surface area contributed by atoms with Crippen LogP contribution in [0.3, 0.4) is 0 Å². The summed E-state index contributed by atoms with van der Waals surface area (Å²) in [6, 6.07) is 8.13. The highest BCUT2D eigenvalue weighted by Crippen LogP contribution is 2.27. The number of nitrogens with zero attached hydrogens (tertiary/aromatic N) is 3. The lowest BCUT2D eigenvalue weighted by Gasteiger charge is -2.33. The number of carbonyl (C=O) groups is 1. The number of aryl methyl sites for hydroxylation is 1. The summed E-state index contributed by atoms with van der Waals surface area (Å²) < 4.78 is 1.77. The Balaban J connectivity index is 1.77. The van der Waals surface area contributed by atoms with Crippen LogP contribution >= 0.6 is 0 Å². The normalized spacial score (nSPS) is 16.7. The zero-order chi connectivity index (χ0) is 18.7. The van der Waals surface area contributed by atoms with Crippen LogP contribution in [0.5, 0.6) is 0 Å². The van der Waals surface area contributed by atoms with Gasteiger partial charge >= 0.3 is 0 Å². The largest absolute Gasteiger partial charge is 0.349 e. The van der Waals surface area contributed by atoms with Crippen LogP contribution < -0.4 is 10.6 Å². The van der Waals surface area contributed by atoms with E-state index in [0.717, 1.165) is 37.4 Å². The summed E-state index contributed by atoms with van der Waals surface area (Å²) in [4.78, 5) is 17.0. The third-order valence-corrected chi connectivity index (χ3v) is 5.25. The average Bonchev–Trinajstić information content (AvgIpc) is 3.02. The maximum Gasteiger partial charge on any atom is 0.291 e. The van der Waals surface area contributed by atoms with Crippen LogP contribution in [-0.2, 0) is 0 Å². The van der Waals surface area contributed by atoms with Crippen molar-refractivity contribution in [1.82, 2.24) is 25.4 Å². The van der Waals surface area contributed by atoms with Gasteiger partial charge in [-0.25, -0.2) is 9.67 Å².